The third-order valence-corrected chi connectivity index (χ3v) is 12.5. The Balaban J connectivity index is 1.62. The molecule has 2 atom stereocenters. The topological polar surface area (TPSA) is 49.4 Å². The molecular weight excluding hydrogens is 506 g/mol. The maximum Gasteiger partial charge on any atom is 0.261 e. The van der Waals surface area contributed by atoms with Crippen molar-refractivity contribution in [1.82, 2.24) is 4.90 Å². The second kappa shape index (κ2) is 15.8. The number of ether oxygens (including phenoxy) is 4. The van der Waals surface area contributed by atoms with Gasteiger partial charge in [-0.05, 0) is 41.6 Å². The van der Waals surface area contributed by atoms with Gasteiger partial charge < -0.3 is 23.4 Å². The molecule has 0 amide bonds. The van der Waals surface area contributed by atoms with Crippen molar-refractivity contribution in [3.8, 4) is 0 Å². The summed E-state index contributed by atoms with van der Waals surface area (Å²) in [4.78, 5) is 2.46. The van der Waals surface area contributed by atoms with Gasteiger partial charge in [0.25, 0.3) is 8.32 Å². The zero-order chi connectivity index (χ0) is 28.1. The fourth-order valence-corrected chi connectivity index (χ4v) is 10.3. The van der Waals surface area contributed by atoms with Crippen molar-refractivity contribution in [2.45, 2.75) is 64.1 Å². The number of hydrogen-bond acceptors (Lipinski definition) is 6. The van der Waals surface area contributed by atoms with Crippen LogP contribution < -0.4 is 10.4 Å². The molecule has 0 aliphatic carbocycles. The van der Waals surface area contributed by atoms with Crippen LogP contribution >= 0.6 is 0 Å². The van der Waals surface area contributed by atoms with E-state index < -0.39 is 8.32 Å². The van der Waals surface area contributed by atoms with Gasteiger partial charge >= 0.3 is 0 Å². The molecular formula is C32H49NO5Si. The van der Waals surface area contributed by atoms with Crippen molar-refractivity contribution < 1.29 is 23.4 Å². The summed E-state index contributed by atoms with van der Waals surface area (Å²) in [6.45, 7) is 13.0. The van der Waals surface area contributed by atoms with E-state index in [1.54, 1.807) is 14.2 Å². The second-order valence-electron chi connectivity index (χ2n) is 11.5. The van der Waals surface area contributed by atoms with E-state index in [0.29, 0.717) is 26.2 Å². The molecule has 1 saturated heterocycles. The average Bonchev–Trinajstić information content (AvgIpc) is 3.31. The Morgan fingerprint density at radius 2 is 1.56 bits per heavy atom. The smallest absolute Gasteiger partial charge is 0.261 e. The van der Waals surface area contributed by atoms with Crippen molar-refractivity contribution in [2.75, 3.05) is 54.1 Å². The molecule has 1 aliphatic heterocycles. The Morgan fingerprint density at radius 3 is 2.13 bits per heavy atom. The van der Waals surface area contributed by atoms with Crippen LogP contribution in [0.3, 0.4) is 0 Å². The van der Waals surface area contributed by atoms with Crippen molar-refractivity contribution in [3.63, 3.8) is 0 Å². The van der Waals surface area contributed by atoms with Gasteiger partial charge in [0, 0.05) is 40.0 Å². The van der Waals surface area contributed by atoms with Gasteiger partial charge in [-0.25, -0.2) is 0 Å². The third-order valence-electron chi connectivity index (χ3n) is 7.45. The van der Waals surface area contributed by atoms with Gasteiger partial charge in [0.2, 0.25) is 0 Å². The summed E-state index contributed by atoms with van der Waals surface area (Å²) in [5.74, 6) is 0. The van der Waals surface area contributed by atoms with E-state index in [9.17, 15) is 0 Å². The summed E-state index contributed by atoms with van der Waals surface area (Å²) in [7, 11) is 0.840. The number of unbranched alkanes of at least 4 members (excludes halogenated alkanes) is 1. The van der Waals surface area contributed by atoms with Crippen LogP contribution in [0.1, 0.15) is 47.0 Å². The average molecular weight is 556 g/mol. The first kappa shape index (κ1) is 31.7. The predicted octanol–water partition coefficient (Wildman–Crippen LogP) is 4.97. The lowest BCUT2D eigenvalue weighted by Crippen LogP contribution is -2.66. The molecule has 0 N–H and O–H groups in total. The van der Waals surface area contributed by atoms with Gasteiger partial charge in [0.15, 0.2) is 0 Å². The molecule has 1 heterocycles. The summed E-state index contributed by atoms with van der Waals surface area (Å²) >= 11 is 0. The summed E-state index contributed by atoms with van der Waals surface area (Å²) in [5.41, 5.74) is 1.37. The van der Waals surface area contributed by atoms with Crippen molar-refractivity contribution >= 4 is 18.7 Å². The van der Waals surface area contributed by atoms with Gasteiger partial charge in [-0.3, -0.25) is 4.90 Å². The standard InChI is InChI=1S/C32H49NO5Si/c1-27(22-33-23-29(37-26-35-6)21-28(33)24-36-25-34-5)15-13-14-20-38-39(32(2,3)4,30-16-9-7-10-17-30)31-18-11-8-12-19-31/h7-12,15-19,28-29H,13-14,20-26H2,1-6H3/b27-15+/t28-,29+/m0/s1. The molecule has 7 heteroatoms. The molecule has 3 rings (SSSR count). The number of rotatable bonds is 16. The molecule has 6 nitrogen and oxygen atoms in total. The maximum atomic E-state index is 7.05. The minimum absolute atomic E-state index is 0.00145. The van der Waals surface area contributed by atoms with E-state index in [1.165, 1.54) is 15.9 Å². The largest absolute Gasteiger partial charge is 0.407 e. The monoisotopic (exact) mass is 555 g/mol. The van der Waals surface area contributed by atoms with Gasteiger partial charge in [-0.1, -0.05) is 93.1 Å². The Hall–Kier alpha value is -1.84. The Bertz CT molecular complexity index is 940. The third kappa shape index (κ3) is 8.82. The molecule has 0 radical (unpaired) electrons. The lowest BCUT2D eigenvalue weighted by molar-refractivity contribution is -0.0681. The highest BCUT2D eigenvalue weighted by Crippen LogP contribution is 2.36. The number of methoxy groups -OCH3 is 2. The van der Waals surface area contributed by atoms with Crippen LogP contribution in [0.25, 0.3) is 0 Å². The molecule has 0 unspecified atom stereocenters. The van der Waals surface area contributed by atoms with Crippen LogP contribution in [0.5, 0.6) is 0 Å². The molecule has 0 spiro atoms. The first-order valence-corrected chi connectivity index (χ1v) is 16.0. The molecule has 39 heavy (non-hydrogen) atoms. The number of nitrogens with zero attached hydrogens (tertiary/aromatic N) is 1. The summed E-state index contributed by atoms with van der Waals surface area (Å²) in [6.07, 6.45) is 5.44. The highest BCUT2D eigenvalue weighted by molar-refractivity contribution is 6.99. The molecule has 1 fully saturated rings. The zero-order valence-electron chi connectivity index (χ0n) is 24.9. The first-order valence-electron chi connectivity index (χ1n) is 14.1. The van der Waals surface area contributed by atoms with Crippen LogP contribution in [0.4, 0.5) is 0 Å². The van der Waals surface area contributed by atoms with E-state index >= 15 is 0 Å². The maximum absolute atomic E-state index is 7.05. The fraction of sp³-hybridized carbons (Fsp3) is 0.562. The molecule has 0 aromatic heterocycles. The number of benzene rings is 2. The van der Waals surface area contributed by atoms with Crippen LogP contribution in [0.2, 0.25) is 5.04 Å². The number of allylic oxidation sites excluding steroid dienone is 1. The minimum Gasteiger partial charge on any atom is -0.407 e. The van der Waals surface area contributed by atoms with E-state index in [4.69, 9.17) is 23.4 Å². The van der Waals surface area contributed by atoms with Gasteiger partial charge in [-0.15, -0.1) is 0 Å². The van der Waals surface area contributed by atoms with Crippen LogP contribution in [-0.4, -0.2) is 79.5 Å². The molecule has 0 bridgehead atoms. The predicted molar refractivity (Wildman–Crippen MR) is 161 cm³/mol. The van der Waals surface area contributed by atoms with Crippen LogP contribution in [-0.2, 0) is 23.4 Å². The van der Waals surface area contributed by atoms with Crippen molar-refractivity contribution in [3.05, 3.63) is 72.3 Å². The van der Waals surface area contributed by atoms with Crippen molar-refractivity contribution in [2.24, 2.45) is 0 Å². The quantitative estimate of drug-likeness (QED) is 0.126. The van der Waals surface area contributed by atoms with Crippen LogP contribution in [0, 0.1) is 0 Å². The highest BCUT2D eigenvalue weighted by atomic mass is 28.4. The Labute approximate surface area is 237 Å². The molecule has 0 saturated carbocycles. The fourth-order valence-electron chi connectivity index (χ4n) is 5.66. The van der Waals surface area contributed by atoms with E-state index in [-0.39, 0.29) is 11.1 Å². The molecule has 2 aromatic carbocycles. The summed E-state index contributed by atoms with van der Waals surface area (Å²) in [6, 6.07) is 22.0. The molecule has 2 aromatic rings. The first-order chi connectivity index (χ1) is 18.8. The van der Waals surface area contributed by atoms with E-state index in [2.05, 4.69) is 99.3 Å². The van der Waals surface area contributed by atoms with E-state index in [0.717, 1.165) is 39.0 Å². The second-order valence-corrected chi connectivity index (χ2v) is 15.8. The highest BCUT2D eigenvalue weighted by Gasteiger charge is 2.49. The van der Waals surface area contributed by atoms with Gasteiger partial charge in [0.05, 0.1) is 12.7 Å². The lowest BCUT2D eigenvalue weighted by atomic mass is 10.2. The van der Waals surface area contributed by atoms with E-state index in [1.807, 2.05) is 0 Å². The summed E-state index contributed by atoms with van der Waals surface area (Å²) in [5, 5.41) is 2.66. The zero-order valence-corrected chi connectivity index (χ0v) is 25.9. The van der Waals surface area contributed by atoms with Crippen LogP contribution in [0.15, 0.2) is 72.3 Å². The normalized spacial score (nSPS) is 19.1. The summed E-state index contributed by atoms with van der Waals surface area (Å²) < 4.78 is 28.8. The lowest BCUT2D eigenvalue weighted by Gasteiger charge is -2.43. The molecule has 1 aliphatic rings. The molecule has 216 valence electrons. The van der Waals surface area contributed by atoms with Gasteiger partial charge in [0.1, 0.15) is 13.6 Å². The SMILES string of the molecule is COCOC[C@@H]1C[C@@H](OCOC)CN1C/C(C)=C/CCCO[Si](c1ccccc1)(c1ccccc1)C(C)(C)C. The number of hydrogen-bond donors (Lipinski definition) is 0. The van der Waals surface area contributed by atoms with Gasteiger partial charge in [-0.2, -0.15) is 0 Å². The van der Waals surface area contributed by atoms with Crippen molar-refractivity contribution in [1.29, 1.82) is 0 Å². The minimum atomic E-state index is -2.48. The number of likely N-dealkylation sites (tertiary alicyclic amines) is 1. The Morgan fingerprint density at radius 1 is 0.949 bits per heavy atom. The Kier molecular flexibility index (Phi) is 12.8.